The second kappa shape index (κ2) is 11.0. The molecule has 0 saturated carbocycles. The Hall–Kier alpha value is -4.66. The smallest absolute Gasteiger partial charge is 0.230 e. The minimum absolute atomic E-state index is 0.000315. The van der Waals surface area contributed by atoms with Crippen molar-refractivity contribution in [3.63, 3.8) is 0 Å². The zero-order chi connectivity index (χ0) is 27.5. The van der Waals surface area contributed by atoms with Crippen LogP contribution in [0.3, 0.4) is 0 Å². The Kier molecular flexibility index (Phi) is 7.31. The zero-order valence-corrected chi connectivity index (χ0v) is 22.0. The Labute approximate surface area is 231 Å². The molecule has 0 aliphatic rings. The van der Waals surface area contributed by atoms with Gasteiger partial charge in [0.15, 0.2) is 16.7 Å². The standard InChI is InChI=1S/C28H19F2N5O2S2/c1-3-16-4-6-19(29)17(10-16)11-26(36)34-28(38)33-18-5-7-23(20(30)12-18)37-24-8-9-31-21-13-25(39-27(21)24)22-14-35(2)15-32-22/h1,4-10,12-15H,11H2,2H3,(H2,33,34,36,38). The fraction of sp³-hybridized carbons (Fsp3) is 0.0714. The maximum atomic E-state index is 14.9. The van der Waals surface area contributed by atoms with Crippen molar-refractivity contribution in [3.05, 3.63) is 90.0 Å². The van der Waals surface area contributed by atoms with Crippen LogP contribution in [0.15, 0.2) is 67.3 Å². The molecule has 1 amide bonds. The summed E-state index contributed by atoms with van der Waals surface area (Å²) in [7, 11) is 1.89. The molecule has 194 valence electrons. The van der Waals surface area contributed by atoms with Gasteiger partial charge in [0.05, 0.1) is 33.5 Å². The number of amides is 1. The van der Waals surface area contributed by atoms with Crippen LogP contribution in [0.1, 0.15) is 11.1 Å². The van der Waals surface area contributed by atoms with Crippen LogP contribution in [0, 0.1) is 24.0 Å². The van der Waals surface area contributed by atoms with Crippen LogP contribution in [-0.2, 0) is 18.3 Å². The van der Waals surface area contributed by atoms with Crippen molar-refractivity contribution in [2.24, 2.45) is 7.05 Å². The van der Waals surface area contributed by atoms with Crippen LogP contribution < -0.4 is 15.4 Å². The highest BCUT2D eigenvalue weighted by molar-refractivity contribution is 7.80. The van der Waals surface area contributed by atoms with E-state index in [-0.39, 0.29) is 22.8 Å². The highest BCUT2D eigenvalue weighted by Gasteiger charge is 2.15. The number of benzene rings is 2. The molecule has 3 heterocycles. The Balaban J connectivity index is 1.25. The predicted octanol–water partition coefficient (Wildman–Crippen LogP) is 5.80. The van der Waals surface area contributed by atoms with E-state index in [0.29, 0.717) is 22.5 Å². The number of hydrogen-bond donors (Lipinski definition) is 2. The minimum atomic E-state index is -0.645. The third kappa shape index (κ3) is 5.93. The van der Waals surface area contributed by atoms with E-state index in [1.54, 1.807) is 24.7 Å². The Morgan fingerprint density at radius 2 is 1.97 bits per heavy atom. The number of rotatable bonds is 6. The number of thiophene rings is 1. The van der Waals surface area contributed by atoms with Gasteiger partial charge in [0, 0.05) is 42.8 Å². The maximum Gasteiger partial charge on any atom is 0.230 e. The molecule has 3 aromatic heterocycles. The number of carbonyl (C=O) groups excluding carboxylic acids is 1. The molecule has 0 fully saturated rings. The van der Waals surface area contributed by atoms with E-state index in [0.717, 1.165) is 15.3 Å². The number of thiocarbonyl (C=S) groups is 1. The molecule has 0 spiro atoms. The zero-order valence-electron chi connectivity index (χ0n) is 20.4. The highest BCUT2D eigenvalue weighted by atomic mass is 32.1. The first kappa shape index (κ1) is 26.0. The first-order valence-corrected chi connectivity index (χ1v) is 12.7. The molecule has 0 atom stereocenters. The highest BCUT2D eigenvalue weighted by Crippen LogP contribution is 2.39. The normalized spacial score (nSPS) is 10.7. The molecule has 0 bridgehead atoms. The average molecular weight is 560 g/mol. The molecule has 5 rings (SSSR count). The molecule has 0 aliphatic heterocycles. The number of hydrogen-bond acceptors (Lipinski definition) is 6. The number of imidazole rings is 1. The van der Waals surface area contributed by atoms with E-state index in [2.05, 4.69) is 26.5 Å². The van der Waals surface area contributed by atoms with Crippen LogP contribution in [-0.4, -0.2) is 25.6 Å². The third-order valence-electron chi connectivity index (χ3n) is 5.56. The lowest BCUT2D eigenvalue weighted by Crippen LogP contribution is -2.35. The van der Waals surface area contributed by atoms with Crippen molar-refractivity contribution in [1.29, 1.82) is 0 Å². The molecule has 0 unspecified atom stereocenters. The van der Waals surface area contributed by atoms with E-state index in [9.17, 15) is 13.6 Å². The van der Waals surface area contributed by atoms with Gasteiger partial charge in [0.25, 0.3) is 0 Å². The summed E-state index contributed by atoms with van der Waals surface area (Å²) in [5, 5.41) is 5.12. The number of pyridine rings is 1. The topological polar surface area (TPSA) is 81.1 Å². The number of ether oxygens (including phenoxy) is 1. The molecule has 39 heavy (non-hydrogen) atoms. The van der Waals surface area contributed by atoms with Gasteiger partial charge in [0.1, 0.15) is 11.6 Å². The lowest BCUT2D eigenvalue weighted by atomic mass is 10.1. The SMILES string of the molecule is C#Cc1ccc(F)c(CC(=O)NC(=S)Nc2ccc(Oc3ccnc4cc(-c5cn(C)cn5)sc34)c(F)c2)c1. The molecular weight excluding hydrogens is 540 g/mol. The van der Waals surface area contributed by atoms with Gasteiger partial charge in [-0.3, -0.25) is 9.78 Å². The molecule has 0 radical (unpaired) electrons. The second-order valence-corrected chi connectivity index (χ2v) is 9.90. The van der Waals surface area contributed by atoms with Crippen LogP contribution in [0.25, 0.3) is 20.8 Å². The molecule has 2 N–H and O–H groups in total. The summed E-state index contributed by atoms with van der Waals surface area (Å²) in [6.07, 6.45) is 10.3. The fourth-order valence-corrected chi connectivity index (χ4v) is 5.01. The van der Waals surface area contributed by atoms with Gasteiger partial charge >= 0.3 is 0 Å². The number of fused-ring (bicyclic) bond motifs is 1. The summed E-state index contributed by atoms with van der Waals surface area (Å²) in [6, 6.07) is 11.8. The molecule has 2 aromatic carbocycles. The Bertz CT molecular complexity index is 1770. The van der Waals surface area contributed by atoms with E-state index in [1.165, 1.54) is 41.7 Å². The van der Waals surface area contributed by atoms with Crippen LogP contribution in [0.4, 0.5) is 14.5 Å². The minimum Gasteiger partial charge on any atom is -0.453 e. The lowest BCUT2D eigenvalue weighted by molar-refractivity contribution is -0.119. The van der Waals surface area contributed by atoms with Crippen molar-refractivity contribution >= 4 is 50.5 Å². The van der Waals surface area contributed by atoms with Gasteiger partial charge in [0.2, 0.25) is 5.91 Å². The van der Waals surface area contributed by atoms with Gasteiger partial charge in [-0.25, -0.2) is 13.8 Å². The summed E-state index contributed by atoms with van der Waals surface area (Å²) in [5.74, 6) is 1.10. The van der Waals surface area contributed by atoms with E-state index < -0.39 is 17.5 Å². The summed E-state index contributed by atoms with van der Waals surface area (Å²) in [4.78, 5) is 22.0. The van der Waals surface area contributed by atoms with Gasteiger partial charge in [-0.15, -0.1) is 17.8 Å². The number of anilines is 1. The van der Waals surface area contributed by atoms with Crippen LogP contribution in [0.5, 0.6) is 11.5 Å². The molecule has 0 saturated heterocycles. The molecule has 11 heteroatoms. The van der Waals surface area contributed by atoms with Crippen molar-refractivity contribution in [2.75, 3.05) is 5.32 Å². The maximum absolute atomic E-state index is 14.9. The number of terminal acetylenes is 1. The summed E-state index contributed by atoms with van der Waals surface area (Å²) in [5.41, 5.74) is 2.41. The van der Waals surface area contributed by atoms with Crippen LogP contribution >= 0.6 is 23.6 Å². The molecule has 7 nitrogen and oxygen atoms in total. The summed E-state index contributed by atoms with van der Waals surface area (Å²) in [6.45, 7) is 0. The lowest BCUT2D eigenvalue weighted by Gasteiger charge is -2.12. The Morgan fingerprint density at radius 3 is 2.72 bits per heavy atom. The molecule has 0 aliphatic carbocycles. The number of halogens is 2. The third-order valence-corrected chi connectivity index (χ3v) is 6.92. The van der Waals surface area contributed by atoms with E-state index in [4.69, 9.17) is 23.4 Å². The monoisotopic (exact) mass is 559 g/mol. The van der Waals surface area contributed by atoms with Crippen LogP contribution in [0.2, 0.25) is 0 Å². The average Bonchev–Trinajstić information content (AvgIpc) is 3.53. The van der Waals surface area contributed by atoms with Gasteiger partial charge in [-0.1, -0.05) is 5.92 Å². The quantitative estimate of drug-likeness (QED) is 0.202. The second-order valence-electron chi connectivity index (χ2n) is 8.44. The van der Waals surface area contributed by atoms with E-state index in [1.807, 2.05) is 23.9 Å². The van der Waals surface area contributed by atoms with Crippen molar-refractivity contribution in [2.45, 2.75) is 6.42 Å². The summed E-state index contributed by atoms with van der Waals surface area (Å²) >= 11 is 6.60. The number of carbonyl (C=O) groups is 1. The largest absolute Gasteiger partial charge is 0.453 e. The van der Waals surface area contributed by atoms with Gasteiger partial charge in [-0.05, 0) is 54.2 Å². The number of aromatic nitrogens is 3. The Morgan fingerprint density at radius 1 is 1.13 bits per heavy atom. The number of nitrogens with one attached hydrogen (secondary N) is 2. The first-order chi connectivity index (χ1) is 18.8. The van der Waals surface area contributed by atoms with Crippen molar-refractivity contribution in [1.82, 2.24) is 19.9 Å². The number of aryl methyl sites for hydroxylation is 1. The molecule has 5 aromatic rings. The van der Waals surface area contributed by atoms with Gasteiger partial charge in [-0.2, -0.15) is 0 Å². The first-order valence-electron chi connectivity index (χ1n) is 11.5. The number of nitrogens with zero attached hydrogens (tertiary/aromatic N) is 3. The molecular formula is C28H19F2N5O2S2. The summed E-state index contributed by atoms with van der Waals surface area (Å²) < 4.78 is 37.4. The fourth-order valence-electron chi connectivity index (χ4n) is 3.75. The predicted molar refractivity (Wildman–Crippen MR) is 151 cm³/mol. The van der Waals surface area contributed by atoms with Crippen molar-refractivity contribution < 1.29 is 18.3 Å². The van der Waals surface area contributed by atoms with E-state index >= 15 is 0 Å². The van der Waals surface area contributed by atoms with Gasteiger partial charge < -0.3 is 19.9 Å². The van der Waals surface area contributed by atoms with Crippen molar-refractivity contribution in [3.8, 4) is 34.4 Å².